The van der Waals surface area contributed by atoms with Crippen molar-refractivity contribution in [1.29, 1.82) is 0 Å². The number of hydrogen-bond donors (Lipinski definition) is 1. The second-order valence-corrected chi connectivity index (χ2v) is 6.92. The number of carbonyl (C=O) groups excluding carboxylic acids is 1. The minimum Gasteiger partial charge on any atom is -0.495 e. The summed E-state index contributed by atoms with van der Waals surface area (Å²) in [7, 11) is 3.63. The van der Waals surface area contributed by atoms with Gasteiger partial charge in [-0.2, -0.15) is 0 Å². The molecule has 25 heavy (non-hydrogen) atoms. The maximum atomic E-state index is 12.6. The van der Waals surface area contributed by atoms with Gasteiger partial charge in [0.25, 0.3) is 5.91 Å². The molecule has 1 N–H and O–H groups in total. The summed E-state index contributed by atoms with van der Waals surface area (Å²) in [4.78, 5) is 14.8. The summed E-state index contributed by atoms with van der Waals surface area (Å²) < 4.78 is 5.30. The van der Waals surface area contributed by atoms with Crippen molar-refractivity contribution in [1.82, 2.24) is 4.90 Å². The van der Waals surface area contributed by atoms with Crippen LogP contribution in [-0.2, 0) is 11.2 Å². The van der Waals surface area contributed by atoms with Crippen molar-refractivity contribution in [3.8, 4) is 5.75 Å². The van der Waals surface area contributed by atoms with Gasteiger partial charge in [-0.15, -0.1) is 0 Å². The van der Waals surface area contributed by atoms with Crippen LogP contribution in [0.5, 0.6) is 5.75 Å². The number of amides is 1. The van der Waals surface area contributed by atoms with Crippen LogP contribution in [0, 0.1) is 0 Å². The van der Waals surface area contributed by atoms with E-state index in [-0.39, 0.29) is 11.4 Å². The smallest absolute Gasteiger partial charge is 0.250 e. The van der Waals surface area contributed by atoms with Crippen molar-refractivity contribution in [2.75, 3.05) is 19.5 Å². The number of nitrogens with zero attached hydrogens (tertiary/aromatic N) is 1. The van der Waals surface area contributed by atoms with Crippen LogP contribution in [0.25, 0.3) is 5.70 Å². The Morgan fingerprint density at radius 3 is 2.60 bits per heavy atom. The molecule has 0 bridgehead atoms. The minimum atomic E-state index is -0.168. The zero-order valence-electron chi connectivity index (χ0n) is 15.2. The third kappa shape index (κ3) is 3.38. The number of anilines is 1. The monoisotopic (exact) mass is 336 g/mol. The van der Waals surface area contributed by atoms with Crippen LogP contribution < -0.4 is 10.1 Å². The van der Waals surface area contributed by atoms with E-state index in [2.05, 4.69) is 36.2 Å². The number of hydrogen-bond acceptors (Lipinski definition) is 3. The Kier molecular flexibility index (Phi) is 4.53. The highest BCUT2D eigenvalue weighted by Gasteiger charge is 2.33. The summed E-state index contributed by atoms with van der Waals surface area (Å²) in [5.41, 5.74) is 3.92. The Labute approximate surface area is 149 Å². The maximum absolute atomic E-state index is 12.6. The predicted molar refractivity (Wildman–Crippen MR) is 102 cm³/mol. The lowest BCUT2D eigenvalue weighted by Crippen LogP contribution is -2.45. The van der Waals surface area contributed by atoms with Crippen LogP contribution in [0.15, 0.2) is 54.6 Å². The third-order valence-corrected chi connectivity index (χ3v) is 4.82. The highest BCUT2D eigenvalue weighted by molar-refractivity contribution is 6.04. The van der Waals surface area contributed by atoms with Gasteiger partial charge in [-0.25, -0.2) is 0 Å². The van der Waals surface area contributed by atoms with Crippen molar-refractivity contribution < 1.29 is 9.53 Å². The molecule has 0 atom stereocenters. The highest BCUT2D eigenvalue weighted by Crippen LogP contribution is 2.36. The number of rotatable bonds is 3. The second kappa shape index (κ2) is 6.63. The Morgan fingerprint density at radius 1 is 1.16 bits per heavy atom. The average Bonchev–Trinajstić information content (AvgIpc) is 2.59. The van der Waals surface area contributed by atoms with Crippen LogP contribution >= 0.6 is 0 Å². The molecule has 1 heterocycles. The molecule has 0 radical (unpaired) electrons. The van der Waals surface area contributed by atoms with Crippen molar-refractivity contribution in [3.05, 3.63) is 65.7 Å². The van der Waals surface area contributed by atoms with E-state index in [0.29, 0.717) is 11.4 Å². The second-order valence-electron chi connectivity index (χ2n) is 6.92. The fourth-order valence-electron chi connectivity index (χ4n) is 3.23. The van der Waals surface area contributed by atoms with E-state index in [0.717, 1.165) is 17.7 Å². The first kappa shape index (κ1) is 17.1. The van der Waals surface area contributed by atoms with Crippen molar-refractivity contribution in [3.63, 3.8) is 0 Å². The number of benzene rings is 2. The molecule has 2 aromatic carbocycles. The van der Waals surface area contributed by atoms with E-state index in [1.165, 1.54) is 5.56 Å². The highest BCUT2D eigenvalue weighted by atomic mass is 16.5. The lowest BCUT2D eigenvalue weighted by Gasteiger charge is -2.44. The lowest BCUT2D eigenvalue weighted by molar-refractivity contribution is -0.111. The molecule has 4 heteroatoms. The molecule has 1 amide bonds. The maximum Gasteiger partial charge on any atom is 0.250 e. The van der Waals surface area contributed by atoms with Crippen LogP contribution in [-0.4, -0.2) is 30.5 Å². The van der Waals surface area contributed by atoms with Gasteiger partial charge in [0.2, 0.25) is 0 Å². The third-order valence-electron chi connectivity index (χ3n) is 4.82. The van der Waals surface area contributed by atoms with Crippen molar-refractivity contribution in [2.45, 2.75) is 25.8 Å². The molecule has 0 unspecified atom stereocenters. The van der Waals surface area contributed by atoms with Gasteiger partial charge in [-0.1, -0.05) is 36.4 Å². The Hall–Kier alpha value is -2.75. The SMILES string of the molecule is COc1ccccc1NC(=O)C=C1c2ccccc2CC(C)(C)N1C. The Morgan fingerprint density at radius 2 is 1.84 bits per heavy atom. The van der Waals surface area contributed by atoms with Crippen LogP contribution in [0.3, 0.4) is 0 Å². The molecular weight excluding hydrogens is 312 g/mol. The predicted octanol–water partition coefficient (Wildman–Crippen LogP) is 3.94. The fourth-order valence-corrected chi connectivity index (χ4v) is 3.23. The molecule has 130 valence electrons. The molecule has 0 aromatic heterocycles. The van der Waals surface area contributed by atoms with Gasteiger partial charge in [0.05, 0.1) is 12.8 Å². The fraction of sp³-hybridized carbons (Fsp3) is 0.286. The molecule has 0 saturated heterocycles. The Balaban J connectivity index is 1.95. The molecule has 0 aliphatic carbocycles. The van der Waals surface area contributed by atoms with E-state index >= 15 is 0 Å². The molecule has 2 aromatic rings. The first-order valence-corrected chi connectivity index (χ1v) is 8.40. The van der Waals surface area contributed by atoms with Crippen LogP contribution in [0.4, 0.5) is 5.69 Å². The standard InChI is InChI=1S/C21H24N2O2/c1-21(2)14-15-9-5-6-10-16(15)18(23(21)3)13-20(24)22-17-11-7-8-12-19(17)25-4/h5-13H,14H2,1-4H3,(H,22,24). The number of fused-ring (bicyclic) bond motifs is 1. The quantitative estimate of drug-likeness (QED) is 0.863. The van der Waals surface area contributed by atoms with Gasteiger partial charge >= 0.3 is 0 Å². The number of nitrogens with one attached hydrogen (secondary N) is 1. The topological polar surface area (TPSA) is 41.6 Å². The summed E-state index contributed by atoms with van der Waals surface area (Å²) in [6.07, 6.45) is 2.62. The summed E-state index contributed by atoms with van der Waals surface area (Å²) in [6.45, 7) is 4.38. The summed E-state index contributed by atoms with van der Waals surface area (Å²) in [5, 5.41) is 2.92. The van der Waals surface area contributed by atoms with E-state index < -0.39 is 0 Å². The van der Waals surface area contributed by atoms with E-state index in [4.69, 9.17) is 4.74 Å². The van der Waals surface area contributed by atoms with E-state index in [1.54, 1.807) is 13.2 Å². The average molecular weight is 336 g/mol. The van der Waals surface area contributed by atoms with Gasteiger partial charge in [0, 0.05) is 29.9 Å². The van der Waals surface area contributed by atoms with E-state index in [1.807, 2.05) is 43.4 Å². The molecule has 1 aliphatic heterocycles. The van der Waals surface area contributed by atoms with Gasteiger partial charge < -0.3 is 15.0 Å². The summed E-state index contributed by atoms with van der Waals surface area (Å²) >= 11 is 0. The number of ether oxygens (including phenoxy) is 1. The number of methoxy groups -OCH3 is 1. The first-order chi connectivity index (χ1) is 11.9. The number of likely N-dealkylation sites (N-methyl/N-ethyl adjacent to an activating group) is 1. The number of carbonyl (C=O) groups is 1. The molecule has 3 rings (SSSR count). The molecule has 0 saturated carbocycles. The van der Waals surface area contributed by atoms with Crippen LogP contribution in [0.1, 0.15) is 25.0 Å². The number of para-hydroxylation sites is 2. The minimum absolute atomic E-state index is 0.0507. The Bertz CT molecular complexity index is 824. The largest absolute Gasteiger partial charge is 0.495 e. The molecule has 0 spiro atoms. The van der Waals surface area contributed by atoms with Gasteiger partial charge in [-0.05, 0) is 38.0 Å². The molecule has 1 aliphatic rings. The van der Waals surface area contributed by atoms with E-state index in [9.17, 15) is 4.79 Å². The van der Waals surface area contributed by atoms with Gasteiger partial charge in [0.1, 0.15) is 5.75 Å². The normalized spacial score (nSPS) is 17.1. The van der Waals surface area contributed by atoms with Gasteiger partial charge in [-0.3, -0.25) is 4.79 Å². The van der Waals surface area contributed by atoms with Crippen molar-refractivity contribution >= 4 is 17.3 Å². The first-order valence-electron chi connectivity index (χ1n) is 8.40. The molecule has 4 nitrogen and oxygen atoms in total. The lowest BCUT2D eigenvalue weighted by atomic mass is 9.84. The molecular formula is C21H24N2O2. The zero-order chi connectivity index (χ0) is 18.0. The van der Waals surface area contributed by atoms with Crippen molar-refractivity contribution in [2.24, 2.45) is 0 Å². The summed E-state index contributed by atoms with van der Waals surface area (Å²) in [6, 6.07) is 15.7. The van der Waals surface area contributed by atoms with Crippen LogP contribution in [0.2, 0.25) is 0 Å². The molecule has 0 fully saturated rings. The summed E-state index contributed by atoms with van der Waals surface area (Å²) in [5.74, 6) is 0.478. The zero-order valence-corrected chi connectivity index (χ0v) is 15.2. The van der Waals surface area contributed by atoms with Gasteiger partial charge in [0.15, 0.2) is 0 Å².